The summed E-state index contributed by atoms with van der Waals surface area (Å²) in [6.07, 6.45) is 20.8. The molecular weight excluding hydrogens is 496 g/mol. The second kappa shape index (κ2) is 11.4. The summed E-state index contributed by atoms with van der Waals surface area (Å²) in [5, 5.41) is 0. The molecule has 7 nitrogen and oxygen atoms in total. The van der Waals surface area contributed by atoms with E-state index in [0.717, 1.165) is 33.5 Å². The van der Waals surface area contributed by atoms with E-state index in [1.807, 2.05) is 97.4 Å². The van der Waals surface area contributed by atoms with E-state index in [2.05, 4.69) is 31.0 Å². The van der Waals surface area contributed by atoms with Gasteiger partial charge in [0.05, 0.1) is 5.69 Å². The van der Waals surface area contributed by atoms with Crippen molar-refractivity contribution in [3.05, 3.63) is 154 Å². The van der Waals surface area contributed by atoms with E-state index in [0.29, 0.717) is 23.3 Å². The van der Waals surface area contributed by atoms with Gasteiger partial charge in [0.25, 0.3) is 5.56 Å². The third-order valence-electron chi connectivity index (χ3n) is 6.33. The van der Waals surface area contributed by atoms with Gasteiger partial charge < -0.3 is 0 Å². The lowest BCUT2D eigenvalue weighted by Crippen LogP contribution is -2.25. The number of benzene rings is 1. The molecule has 40 heavy (non-hydrogen) atoms. The standard InChI is InChI=1S/C33H24N6O/c40-33-31(20-26-5-2-14-35-21-26)38-30-7-3-15-37-32(30)39(33)29-6-1-4-25(19-29)9-11-28-18-27(22-36-23-28)10-8-24-12-16-34-17-13-24/h1-19,21-23H,20H2/b10-8+,11-9+. The van der Waals surface area contributed by atoms with Crippen molar-refractivity contribution in [2.45, 2.75) is 6.42 Å². The zero-order valence-electron chi connectivity index (χ0n) is 21.5. The van der Waals surface area contributed by atoms with Crippen molar-refractivity contribution in [2.75, 3.05) is 0 Å². The zero-order valence-corrected chi connectivity index (χ0v) is 21.5. The molecule has 192 valence electrons. The average Bonchev–Trinajstić information content (AvgIpc) is 3.01. The van der Waals surface area contributed by atoms with Gasteiger partial charge in [0.2, 0.25) is 0 Å². The fourth-order valence-electron chi connectivity index (χ4n) is 4.40. The monoisotopic (exact) mass is 520 g/mol. The summed E-state index contributed by atoms with van der Waals surface area (Å²) in [6.45, 7) is 0. The van der Waals surface area contributed by atoms with Crippen LogP contribution in [0.2, 0.25) is 0 Å². The summed E-state index contributed by atoms with van der Waals surface area (Å²) >= 11 is 0. The van der Waals surface area contributed by atoms with Crippen molar-refractivity contribution in [3.8, 4) is 5.69 Å². The van der Waals surface area contributed by atoms with Crippen molar-refractivity contribution in [2.24, 2.45) is 0 Å². The number of aromatic nitrogens is 6. The summed E-state index contributed by atoms with van der Waals surface area (Å²) < 4.78 is 1.64. The fourth-order valence-corrected chi connectivity index (χ4v) is 4.40. The molecule has 5 aromatic heterocycles. The highest BCUT2D eigenvalue weighted by Crippen LogP contribution is 2.18. The van der Waals surface area contributed by atoms with E-state index in [9.17, 15) is 4.79 Å². The predicted octanol–water partition coefficient (Wildman–Crippen LogP) is 5.90. The Morgan fingerprint density at radius 1 is 0.650 bits per heavy atom. The van der Waals surface area contributed by atoms with E-state index in [-0.39, 0.29) is 5.56 Å². The second-order valence-electron chi connectivity index (χ2n) is 9.18. The molecule has 0 aliphatic carbocycles. The molecule has 0 saturated carbocycles. The van der Waals surface area contributed by atoms with E-state index in [1.54, 1.807) is 35.6 Å². The summed E-state index contributed by atoms with van der Waals surface area (Å²) in [5.41, 5.74) is 7.03. The van der Waals surface area contributed by atoms with Gasteiger partial charge in [-0.05, 0) is 76.3 Å². The Morgan fingerprint density at radius 2 is 1.43 bits per heavy atom. The van der Waals surface area contributed by atoms with Gasteiger partial charge in [-0.25, -0.2) is 9.97 Å². The van der Waals surface area contributed by atoms with Crippen LogP contribution in [0.15, 0.2) is 115 Å². The highest BCUT2D eigenvalue weighted by molar-refractivity contribution is 5.75. The van der Waals surface area contributed by atoms with Crippen molar-refractivity contribution in [1.82, 2.24) is 29.5 Å². The van der Waals surface area contributed by atoms with Crippen LogP contribution in [0.4, 0.5) is 0 Å². The van der Waals surface area contributed by atoms with Gasteiger partial charge >= 0.3 is 0 Å². The zero-order chi connectivity index (χ0) is 27.1. The van der Waals surface area contributed by atoms with Crippen LogP contribution < -0.4 is 5.56 Å². The summed E-state index contributed by atoms with van der Waals surface area (Å²) in [7, 11) is 0. The Balaban J connectivity index is 1.32. The highest BCUT2D eigenvalue weighted by Gasteiger charge is 2.14. The minimum atomic E-state index is -0.200. The van der Waals surface area contributed by atoms with Crippen LogP contribution in [-0.2, 0) is 6.42 Å². The molecule has 0 fully saturated rings. The van der Waals surface area contributed by atoms with Crippen LogP contribution in [0, 0.1) is 0 Å². The van der Waals surface area contributed by atoms with Gasteiger partial charge in [-0.2, -0.15) is 0 Å². The van der Waals surface area contributed by atoms with E-state index >= 15 is 0 Å². The molecule has 0 N–H and O–H groups in total. The molecule has 6 rings (SSSR count). The molecule has 7 heteroatoms. The number of pyridine rings is 4. The average molecular weight is 521 g/mol. The molecule has 0 aliphatic rings. The van der Waals surface area contributed by atoms with Crippen LogP contribution in [-0.4, -0.2) is 29.5 Å². The number of nitrogens with zero attached hydrogens (tertiary/aromatic N) is 6. The lowest BCUT2D eigenvalue weighted by atomic mass is 10.1. The molecule has 0 amide bonds. The maximum atomic E-state index is 13.7. The van der Waals surface area contributed by atoms with Crippen LogP contribution in [0.5, 0.6) is 0 Å². The van der Waals surface area contributed by atoms with Crippen molar-refractivity contribution in [3.63, 3.8) is 0 Å². The normalized spacial score (nSPS) is 11.5. The maximum absolute atomic E-state index is 13.7. The topological polar surface area (TPSA) is 86.5 Å². The first kappa shape index (κ1) is 24.8. The summed E-state index contributed by atoms with van der Waals surface area (Å²) in [4.78, 5) is 35.4. The van der Waals surface area contributed by atoms with Gasteiger partial charge in [-0.15, -0.1) is 0 Å². The van der Waals surface area contributed by atoms with Crippen LogP contribution in [0.3, 0.4) is 0 Å². The first-order chi connectivity index (χ1) is 19.7. The minimum absolute atomic E-state index is 0.200. The molecule has 1 aromatic carbocycles. The molecule has 0 unspecified atom stereocenters. The lowest BCUT2D eigenvalue weighted by Gasteiger charge is -2.12. The molecule has 0 saturated heterocycles. The molecule has 0 bridgehead atoms. The quantitative estimate of drug-likeness (QED) is 0.261. The van der Waals surface area contributed by atoms with Crippen molar-refractivity contribution < 1.29 is 0 Å². The molecule has 0 radical (unpaired) electrons. The van der Waals surface area contributed by atoms with Gasteiger partial charge in [-0.3, -0.25) is 24.3 Å². The number of fused-ring (bicyclic) bond motifs is 1. The second-order valence-corrected chi connectivity index (χ2v) is 9.18. The van der Waals surface area contributed by atoms with E-state index in [1.165, 1.54) is 0 Å². The Labute approximate surface area is 230 Å². The van der Waals surface area contributed by atoms with Crippen LogP contribution in [0.25, 0.3) is 41.2 Å². The molecule has 5 heterocycles. The van der Waals surface area contributed by atoms with Crippen LogP contribution >= 0.6 is 0 Å². The first-order valence-electron chi connectivity index (χ1n) is 12.8. The Bertz CT molecular complexity index is 1900. The molecule has 6 aromatic rings. The van der Waals surface area contributed by atoms with Crippen molar-refractivity contribution in [1.29, 1.82) is 0 Å². The molecule has 0 atom stereocenters. The van der Waals surface area contributed by atoms with Gasteiger partial charge in [0.1, 0.15) is 11.2 Å². The minimum Gasteiger partial charge on any atom is -0.267 e. The number of hydrogen-bond donors (Lipinski definition) is 0. The van der Waals surface area contributed by atoms with Gasteiger partial charge in [-0.1, -0.05) is 42.5 Å². The molecular formula is C33H24N6O. The summed E-state index contributed by atoms with van der Waals surface area (Å²) in [5.74, 6) is 0. The molecule has 0 spiro atoms. The van der Waals surface area contributed by atoms with E-state index < -0.39 is 0 Å². The van der Waals surface area contributed by atoms with E-state index in [4.69, 9.17) is 0 Å². The Morgan fingerprint density at radius 3 is 2.23 bits per heavy atom. The Kier molecular flexibility index (Phi) is 7.09. The number of rotatable bonds is 7. The van der Waals surface area contributed by atoms with Gasteiger partial charge in [0, 0.05) is 49.8 Å². The fraction of sp³-hybridized carbons (Fsp3) is 0.0303. The predicted molar refractivity (Wildman–Crippen MR) is 159 cm³/mol. The maximum Gasteiger partial charge on any atom is 0.278 e. The van der Waals surface area contributed by atoms with Crippen LogP contribution in [0.1, 0.15) is 33.5 Å². The van der Waals surface area contributed by atoms with Crippen molar-refractivity contribution >= 4 is 35.5 Å². The summed E-state index contributed by atoms with van der Waals surface area (Å²) in [6, 6.07) is 21.3. The smallest absolute Gasteiger partial charge is 0.267 e. The lowest BCUT2D eigenvalue weighted by molar-refractivity contribution is 0.924. The third-order valence-corrected chi connectivity index (χ3v) is 6.33. The van der Waals surface area contributed by atoms with Gasteiger partial charge in [0.15, 0.2) is 5.65 Å². The molecule has 0 aliphatic heterocycles. The largest absolute Gasteiger partial charge is 0.278 e. The Hall–Kier alpha value is -5.56. The third kappa shape index (κ3) is 5.63. The SMILES string of the molecule is O=c1c(Cc2cccnc2)nc2cccnc2n1-c1cccc(/C=C/c2cncc(/C=C/c3ccncc3)c2)c1. The highest BCUT2D eigenvalue weighted by atomic mass is 16.1. The first-order valence-corrected chi connectivity index (χ1v) is 12.8. The number of hydrogen-bond acceptors (Lipinski definition) is 6.